The Hall–Kier alpha value is -4.48. The van der Waals surface area contributed by atoms with Gasteiger partial charge in [-0.05, 0) is 54.6 Å². The molecule has 0 spiro atoms. The first-order valence-electron chi connectivity index (χ1n) is 10.3. The normalized spacial score (nSPS) is 12.1. The smallest absolute Gasteiger partial charge is 0.349 e. The van der Waals surface area contributed by atoms with Gasteiger partial charge in [0, 0.05) is 27.9 Å². The van der Waals surface area contributed by atoms with Crippen molar-refractivity contribution in [3.05, 3.63) is 104 Å². The number of amides is 1. The fraction of sp³-hybridized carbons (Fsp3) is 0.0833. The number of anilines is 1. The molecule has 2 N–H and O–H groups in total. The highest BCUT2D eigenvalue weighted by Gasteiger charge is 2.41. The molecule has 0 fully saturated rings. The largest absolute Gasteiger partial charge is 0.478 e. The number of carboxylic acid groups (broad SMARTS) is 1. The highest BCUT2D eigenvalue weighted by Crippen LogP contribution is 2.20. The number of carboxylic acids is 1. The Morgan fingerprint density at radius 3 is 1.76 bits per heavy atom. The number of benzene rings is 3. The van der Waals surface area contributed by atoms with Gasteiger partial charge < -0.3 is 19.9 Å². The lowest BCUT2D eigenvalue weighted by Crippen LogP contribution is -2.48. The first-order chi connectivity index (χ1) is 17.5. The van der Waals surface area contributed by atoms with Crippen LogP contribution in [0, 0.1) is 10.1 Å². The average Bonchev–Trinajstić information content (AvgIpc) is 2.86. The predicted molar refractivity (Wildman–Crippen MR) is 131 cm³/mol. The Labute approximate surface area is 218 Å². The van der Waals surface area contributed by atoms with Crippen LogP contribution in [-0.2, 0) is 19.1 Å². The first kappa shape index (κ1) is 27.1. The van der Waals surface area contributed by atoms with Crippen LogP contribution >= 0.6 is 23.2 Å². The lowest BCUT2D eigenvalue weighted by atomic mass is 10.1. The van der Waals surface area contributed by atoms with Gasteiger partial charge in [0.25, 0.3) is 11.6 Å². The molecule has 3 aromatic rings. The van der Waals surface area contributed by atoms with Crippen LogP contribution in [0.2, 0.25) is 10.0 Å². The number of hydrogen-bond acceptors (Lipinski definition) is 8. The van der Waals surface area contributed by atoms with Crippen molar-refractivity contribution in [2.24, 2.45) is 0 Å². The van der Waals surface area contributed by atoms with Crippen LogP contribution in [0.1, 0.15) is 20.7 Å². The highest BCUT2D eigenvalue weighted by molar-refractivity contribution is 6.31. The molecular weight excluding hydrogens is 531 g/mol. The molecule has 1 amide bonds. The van der Waals surface area contributed by atoms with E-state index < -0.39 is 40.9 Å². The maximum Gasteiger partial charge on any atom is 0.349 e. The molecular formula is C24H16Cl2N2O9. The zero-order valence-corrected chi connectivity index (χ0v) is 20.0. The van der Waals surface area contributed by atoms with Gasteiger partial charge in [-0.2, -0.15) is 0 Å². The topological polar surface area (TPSA) is 162 Å². The number of nitro groups is 1. The molecule has 0 unspecified atom stereocenters. The van der Waals surface area contributed by atoms with Gasteiger partial charge in [-0.25, -0.2) is 14.4 Å². The number of ether oxygens (including phenoxy) is 2. The summed E-state index contributed by atoms with van der Waals surface area (Å²) >= 11 is 11.6. The Balaban J connectivity index is 1.92. The first-order valence-corrected chi connectivity index (χ1v) is 11.0. The number of nitrogens with zero attached hydrogens (tertiary/aromatic N) is 1. The minimum atomic E-state index is -2.29. The number of halogens is 2. The number of hydrogen-bond donors (Lipinski definition) is 2. The Kier molecular flexibility index (Phi) is 8.77. The van der Waals surface area contributed by atoms with Crippen molar-refractivity contribution in [3.63, 3.8) is 0 Å². The molecule has 11 nitrogen and oxygen atoms in total. The van der Waals surface area contributed by atoms with Crippen molar-refractivity contribution < 1.29 is 38.7 Å². The summed E-state index contributed by atoms with van der Waals surface area (Å²) in [4.78, 5) is 60.7. The van der Waals surface area contributed by atoms with Crippen molar-refractivity contribution in [2.45, 2.75) is 12.2 Å². The van der Waals surface area contributed by atoms with Crippen molar-refractivity contribution in [1.29, 1.82) is 0 Å². The molecule has 0 bridgehead atoms. The summed E-state index contributed by atoms with van der Waals surface area (Å²) in [5.41, 5.74) is -0.625. The van der Waals surface area contributed by atoms with Crippen LogP contribution in [0.3, 0.4) is 0 Å². The lowest BCUT2D eigenvalue weighted by Gasteiger charge is -2.23. The number of esters is 2. The van der Waals surface area contributed by atoms with Gasteiger partial charge >= 0.3 is 17.9 Å². The minimum Gasteiger partial charge on any atom is -0.478 e. The molecule has 2 atom stereocenters. The van der Waals surface area contributed by atoms with E-state index in [4.69, 9.17) is 32.7 Å². The Morgan fingerprint density at radius 1 is 0.811 bits per heavy atom. The van der Waals surface area contributed by atoms with E-state index >= 15 is 0 Å². The van der Waals surface area contributed by atoms with Gasteiger partial charge in [-0.15, -0.1) is 0 Å². The van der Waals surface area contributed by atoms with Gasteiger partial charge in [0.2, 0.25) is 12.2 Å². The Bertz CT molecular complexity index is 1350. The van der Waals surface area contributed by atoms with E-state index in [0.717, 1.165) is 6.07 Å². The van der Waals surface area contributed by atoms with Gasteiger partial charge in [0.1, 0.15) is 0 Å². The molecule has 0 heterocycles. The van der Waals surface area contributed by atoms with E-state index in [1.807, 2.05) is 0 Å². The molecule has 3 aromatic carbocycles. The number of carbonyl (C=O) groups excluding carboxylic acids is 3. The zero-order chi connectivity index (χ0) is 27.1. The number of non-ortho nitro benzene ring substituents is 1. The number of nitro benzene ring substituents is 1. The van der Waals surface area contributed by atoms with Gasteiger partial charge in [-0.1, -0.05) is 29.3 Å². The van der Waals surface area contributed by atoms with E-state index in [-0.39, 0.29) is 22.5 Å². The molecule has 0 aliphatic carbocycles. The van der Waals surface area contributed by atoms with Crippen LogP contribution in [0.25, 0.3) is 0 Å². The van der Waals surface area contributed by atoms with Crippen LogP contribution in [0.4, 0.5) is 11.4 Å². The van der Waals surface area contributed by atoms with Crippen LogP contribution in [0.5, 0.6) is 0 Å². The van der Waals surface area contributed by atoms with E-state index in [2.05, 4.69) is 5.32 Å². The number of nitrogens with one attached hydrogen (secondary N) is 1. The molecule has 37 heavy (non-hydrogen) atoms. The molecule has 0 saturated carbocycles. The summed E-state index contributed by atoms with van der Waals surface area (Å²) in [6, 6.07) is 15.3. The van der Waals surface area contributed by atoms with E-state index in [1.54, 1.807) is 0 Å². The summed E-state index contributed by atoms with van der Waals surface area (Å²) in [6.45, 7) is 0. The summed E-state index contributed by atoms with van der Waals surface area (Å²) in [7, 11) is 0. The third-order valence-corrected chi connectivity index (χ3v) is 5.23. The van der Waals surface area contributed by atoms with E-state index in [0.29, 0.717) is 10.0 Å². The van der Waals surface area contributed by atoms with Crippen molar-refractivity contribution in [3.8, 4) is 0 Å². The molecule has 0 aliphatic heterocycles. The second-order valence-electron chi connectivity index (χ2n) is 7.30. The SMILES string of the molecule is O=C(O[C@H](C(=O)O)[C@@H](OC(=O)c1ccc(Cl)cc1)C(=O)Nc1cccc([N+](=O)[O-])c1)c1ccc(Cl)cc1. The summed E-state index contributed by atoms with van der Waals surface area (Å²) in [5, 5.41) is 23.7. The van der Waals surface area contributed by atoms with Crippen molar-refractivity contribution in [1.82, 2.24) is 0 Å². The van der Waals surface area contributed by atoms with Crippen LogP contribution in [-0.4, -0.2) is 46.1 Å². The monoisotopic (exact) mass is 546 g/mol. The second-order valence-corrected chi connectivity index (χ2v) is 8.17. The number of aliphatic carboxylic acids is 1. The van der Waals surface area contributed by atoms with E-state index in [9.17, 15) is 34.4 Å². The summed E-state index contributed by atoms with van der Waals surface area (Å²) < 4.78 is 10.2. The summed E-state index contributed by atoms with van der Waals surface area (Å²) in [6.07, 6.45) is -4.49. The van der Waals surface area contributed by atoms with Crippen molar-refractivity contribution >= 4 is 58.4 Å². The molecule has 0 aliphatic rings. The highest BCUT2D eigenvalue weighted by atomic mass is 35.5. The van der Waals surface area contributed by atoms with Crippen molar-refractivity contribution in [2.75, 3.05) is 5.32 Å². The van der Waals surface area contributed by atoms with Crippen LogP contribution in [0.15, 0.2) is 72.8 Å². The standard InChI is InChI=1S/C24H16Cl2N2O9/c25-15-8-4-13(5-9-15)23(32)36-19(21(29)27-17-2-1-3-18(12-17)28(34)35)20(22(30)31)37-24(33)14-6-10-16(26)11-7-14/h1-12,19-20H,(H,27,29)(H,30,31)/t19-,20+/m1/s1. The number of carbonyl (C=O) groups is 4. The fourth-order valence-electron chi connectivity index (χ4n) is 2.94. The summed E-state index contributed by atoms with van der Waals surface area (Å²) in [5.74, 6) is -5.28. The molecule has 190 valence electrons. The minimum absolute atomic E-state index is 0.0780. The van der Waals surface area contributed by atoms with Gasteiger partial charge in [-0.3, -0.25) is 14.9 Å². The van der Waals surface area contributed by atoms with Gasteiger partial charge in [0.05, 0.1) is 16.1 Å². The van der Waals surface area contributed by atoms with E-state index in [1.165, 1.54) is 66.7 Å². The second kappa shape index (κ2) is 12.0. The molecule has 3 rings (SSSR count). The third kappa shape index (κ3) is 7.26. The predicted octanol–water partition coefficient (Wildman–Crippen LogP) is 4.38. The maximum absolute atomic E-state index is 13.1. The zero-order valence-electron chi connectivity index (χ0n) is 18.5. The van der Waals surface area contributed by atoms with Gasteiger partial charge in [0.15, 0.2) is 0 Å². The quantitative estimate of drug-likeness (QED) is 0.225. The average molecular weight is 547 g/mol. The lowest BCUT2D eigenvalue weighted by molar-refractivity contribution is -0.384. The molecule has 0 aromatic heterocycles. The third-order valence-electron chi connectivity index (χ3n) is 4.73. The molecule has 0 radical (unpaired) electrons. The molecule has 13 heteroatoms. The Morgan fingerprint density at radius 2 is 1.30 bits per heavy atom. The fourth-order valence-corrected chi connectivity index (χ4v) is 3.20. The number of rotatable bonds is 9. The maximum atomic E-state index is 13.1. The van der Waals surface area contributed by atoms with Crippen LogP contribution < -0.4 is 5.32 Å². The molecule has 0 saturated heterocycles.